The van der Waals surface area contributed by atoms with Gasteiger partial charge >= 0.3 is 0 Å². The largest absolute Gasteiger partial charge is 0.486 e. The average Bonchev–Trinajstić information content (AvgIpc) is 3.62. The Kier molecular flexibility index (Phi) is 6.53. The van der Waals surface area contributed by atoms with E-state index in [0.717, 1.165) is 36.8 Å². The van der Waals surface area contributed by atoms with Crippen LogP contribution in [0.15, 0.2) is 65.6 Å². The van der Waals surface area contributed by atoms with Gasteiger partial charge in [-0.2, -0.15) is 4.31 Å². The van der Waals surface area contributed by atoms with Gasteiger partial charge in [-0.05, 0) is 67.6 Å². The number of carbonyl (C=O) groups excluding carboxylic acids is 1. The van der Waals surface area contributed by atoms with Gasteiger partial charge in [0.2, 0.25) is 5.91 Å². The molecular weight excluding hydrogens is 506 g/mol. The summed E-state index contributed by atoms with van der Waals surface area (Å²) in [4.78, 5) is 18.4. The van der Waals surface area contributed by atoms with Gasteiger partial charge in [0, 0.05) is 12.1 Å². The zero-order valence-corrected chi connectivity index (χ0v) is 21.7. The monoisotopic (exact) mass is 537 g/mol. The van der Waals surface area contributed by atoms with Crippen molar-refractivity contribution in [1.29, 1.82) is 0 Å². The molecule has 2 fully saturated rings. The van der Waals surface area contributed by atoms with E-state index in [4.69, 9.17) is 9.47 Å². The lowest BCUT2D eigenvalue weighted by atomic mass is 9.94. The lowest BCUT2D eigenvalue weighted by Crippen LogP contribution is -2.34. The number of benzene rings is 2. The standard InChI is InChI=1S/C28H31N3O6S/c32-18-21-3-2-14-31(21)38(34,35)22-9-6-19(7-10-22)23-4-1-5-26(29-23)30-27(33)28(12-13-28)20-8-11-24-25(17-20)37-16-15-36-24/h1,4-11,17,21,32,34-35H,2-3,12-16,18H2,(H,29,30,33)/t21-/m1/s1. The number of aliphatic hydroxyl groups is 1. The molecule has 0 spiro atoms. The number of hydrogen-bond donors (Lipinski definition) is 4. The summed E-state index contributed by atoms with van der Waals surface area (Å²) in [6.45, 7) is 1.44. The van der Waals surface area contributed by atoms with Crippen LogP contribution in [0.2, 0.25) is 0 Å². The lowest BCUT2D eigenvalue weighted by molar-refractivity contribution is -0.118. The first kappa shape index (κ1) is 25.1. The summed E-state index contributed by atoms with van der Waals surface area (Å²) in [7, 11) is -3.19. The molecule has 6 rings (SSSR count). The van der Waals surface area contributed by atoms with Crippen LogP contribution in [0.25, 0.3) is 11.3 Å². The van der Waals surface area contributed by atoms with E-state index in [-0.39, 0.29) is 18.6 Å². The summed E-state index contributed by atoms with van der Waals surface area (Å²) in [5, 5.41) is 12.6. The summed E-state index contributed by atoms with van der Waals surface area (Å²) < 4.78 is 34.7. The van der Waals surface area contributed by atoms with Gasteiger partial charge < -0.3 is 19.9 Å². The Hall–Kier alpha value is -3.15. The van der Waals surface area contributed by atoms with E-state index >= 15 is 0 Å². The van der Waals surface area contributed by atoms with Crippen molar-refractivity contribution in [3.8, 4) is 22.8 Å². The summed E-state index contributed by atoms with van der Waals surface area (Å²) in [6, 6.07) is 17.8. The lowest BCUT2D eigenvalue weighted by Gasteiger charge is -2.43. The third-order valence-electron chi connectivity index (χ3n) is 7.60. The van der Waals surface area contributed by atoms with Gasteiger partial charge in [0.15, 0.2) is 11.5 Å². The Morgan fingerprint density at radius 1 is 1.05 bits per heavy atom. The number of carbonyl (C=O) groups is 1. The molecule has 2 aliphatic heterocycles. The normalized spacial score (nSPS) is 20.7. The van der Waals surface area contributed by atoms with Crippen molar-refractivity contribution in [2.75, 3.05) is 31.7 Å². The van der Waals surface area contributed by atoms with Crippen molar-refractivity contribution in [3.63, 3.8) is 0 Å². The molecule has 200 valence electrons. The zero-order chi connectivity index (χ0) is 26.3. The maximum absolute atomic E-state index is 13.3. The van der Waals surface area contributed by atoms with E-state index < -0.39 is 16.2 Å². The van der Waals surface area contributed by atoms with Crippen LogP contribution in [-0.4, -0.2) is 61.8 Å². The number of amides is 1. The van der Waals surface area contributed by atoms with Gasteiger partial charge in [0.05, 0.1) is 28.7 Å². The molecule has 3 heterocycles. The molecule has 4 N–H and O–H groups in total. The minimum atomic E-state index is -3.19. The number of nitrogens with one attached hydrogen (secondary N) is 1. The summed E-state index contributed by atoms with van der Waals surface area (Å²) in [6.07, 6.45) is 3.06. The van der Waals surface area contributed by atoms with E-state index in [0.29, 0.717) is 47.7 Å². The number of aliphatic hydroxyl groups excluding tert-OH is 1. The van der Waals surface area contributed by atoms with E-state index in [9.17, 15) is 19.0 Å². The van der Waals surface area contributed by atoms with Crippen LogP contribution in [-0.2, 0) is 10.2 Å². The molecule has 3 aromatic rings. The highest BCUT2D eigenvalue weighted by Gasteiger charge is 2.51. The number of rotatable bonds is 7. The first-order chi connectivity index (χ1) is 18.4. The summed E-state index contributed by atoms with van der Waals surface area (Å²) in [5.41, 5.74) is 1.75. The SMILES string of the molecule is O=C(Nc1cccc(-c2ccc(S(O)(O)N3CCC[C@@H]3CO)cc2)n1)C1(c2ccc3c(c2)OCCO3)CC1. The third kappa shape index (κ3) is 4.52. The number of aromatic nitrogens is 1. The highest BCUT2D eigenvalue weighted by molar-refractivity contribution is 8.22. The predicted octanol–water partition coefficient (Wildman–Crippen LogP) is 4.67. The number of pyridine rings is 1. The molecule has 1 aromatic heterocycles. The fourth-order valence-corrected chi connectivity index (χ4v) is 7.03. The average molecular weight is 538 g/mol. The minimum Gasteiger partial charge on any atom is -0.486 e. The second kappa shape index (κ2) is 9.87. The first-order valence-electron chi connectivity index (χ1n) is 12.9. The number of anilines is 1. The van der Waals surface area contributed by atoms with Crippen molar-refractivity contribution < 1.29 is 28.5 Å². The smallest absolute Gasteiger partial charge is 0.236 e. The van der Waals surface area contributed by atoms with Gasteiger partial charge in [-0.15, -0.1) is 10.8 Å². The molecular formula is C28H31N3O6S. The second-order valence-electron chi connectivity index (χ2n) is 9.97. The Morgan fingerprint density at radius 2 is 1.82 bits per heavy atom. The Balaban J connectivity index is 1.18. The van der Waals surface area contributed by atoms with Crippen LogP contribution >= 0.6 is 10.8 Å². The maximum Gasteiger partial charge on any atom is 0.236 e. The van der Waals surface area contributed by atoms with Crippen molar-refractivity contribution in [1.82, 2.24) is 9.29 Å². The van der Waals surface area contributed by atoms with Crippen LogP contribution in [0.1, 0.15) is 31.2 Å². The topological polar surface area (TPSA) is 124 Å². The Labute approximate surface area is 222 Å². The van der Waals surface area contributed by atoms with Crippen molar-refractivity contribution >= 4 is 22.5 Å². The van der Waals surface area contributed by atoms with Crippen molar-refractivity contribution in [2.45, 2.75) is 42.0 Å². The van der Waals surface area contributed by atoms with Crippen LogP contribution in [0.3, 0.4) is 0 Å². The van der Waals surface area contributed by atoms with E-state index in [2.05, 4.69) is 10.3 Å². The molecule has 1 aliphatic carbocycles. The zero-order valence-electron chi connectivity index (χ0n) is 20.9. The quantitative estimate of drug-likeness (QED) is 0.343. The molecule has 10 heteroatoms. The fourth-order valence-electron chi connectivity index (χ4n) is 5.28. The second-order valence-corrected chi connectivity index (χ2v) is 11.9. The van der Waals surface area contributed by atoms with Crippen LogP contribution in [0, 0.1) is 0 Å². The van der Waals surface area contributed by atoms with Crippen molar-refractivity contribution in [3.05, 3.63) is 66.2 Å². The molecule has 2 aromatic carbocycles. The van der Waals surface area contributed by atoms with Crippen LogP contribution < -0.4 is 14.8 Å². The molecule has 9 nitrogen and oxygen atoms in total. The predicted molar refractivity (Wildman–Crippen MR) is 145 cm³/mol. The van der Waals surface area contributed by atoms with Gasteiger partial charge in [0.25, 0.3) is 0 Å². The van der Waals surface area contributed by atoms with Crippen molar-refractivity contribution in [2.24, 2.45) is 0 Å². The van der Waals surface area contributed by atoms with E-state index in [1.807, 2.05) is 30.3 Å². The molecule has 0 radical (unpaired) electrons. The number of nitrogens with zero attached hydrogens (tertiary/aromatic N) is 2. The number of fused-ring (bicyclic) bond motifs is 1. The maximum atomic E-state index is 13.3. The van der Waals surface area contributed by atoms with E-state index in [1.165, 1.54) is 0 Å². The van der Waals surface area contributed by atoms with Crippen LogP contribution in [0.5, 0.6) is 11.5 Å². The summed E-state index contributed by atoms with van der Waals surface area (Å²) >= 11 is 0. The molecule has 3 aliphatic rings. The molecule has 0 unspecified atom stereocenters. The Morgan fingerprint density at radius 3 is 2.55 bits per heavy atom. The van der Waals surface area contributed by atoms with Gasteiger partial charge in [-0.3, -0.25) is 13.9 Å². The number of ether oxygens (including phenoxy) is 2. The van der Waals surface area contributed by atoms with Crippen LogP contribution in [0.4, 0.5) is 5.82 Å². The molecule has 0 bridgehead atoms. The molecule has 1 saturated carbocycles. The minimum absolute atomic E-state index is 0.104. The molecule has 1 amide bonds. The third-order valence-corrected chi connectivity index (χ3v) is 9.64. The summed E-state index contributed by atoms with van der Waals surface area (Å²) in [5.74, 6) is 1.72. The molecule has 38 heavy (non-hydrogen) atoms. The fraction of sp³-hybridized carbons (Fsp3) is 0.357. The highest BCUT2D eigenvalue weighted by Crippen LogP contribution is 2.55. The van der Waals surface area contributed by atoms with E-state index in [1.54, 1.807) is 34.6 Å². The van der Waals surface area contributed by atoms with Gasteiger partial charge in [-0.1, -0.05) is 24.3 Å². The first-order valence-corrected chi connectivity index (χ1v) is 14.4. The van der Waals surface area contributed by atoms with Gasteiger partial charge in [-0.25, -0.2) is 4.98 Å². The number of hydrogen-bond acceptors (Lipinski definition) is 8. The van der Waals surface area contributed by atoms with Gasteiger partial charge in [0.1, 0.15) is 19.0 Å². The Bertz CT molecular complexity index is 1340. The molecule has 1 atom stereocenters. The highest BCUT2D eigenvalue weighted by atomic mass is 32.3. The molecule has 1 saturated heterocycles.